The minimum atomic E-state index is -1.09. The largest absolute Gasteiger partial charge is 0.480 e. The zero-order valence-corrected chi connectivity index (χ0v) is 20.2. The van der Waals surface area contributed by atoms with Gasteiger partial charge in [0, 0.05) is 5.92 Å². The van der Waals surface area contributed by atoms with E-state index in [0.717, 1.165) is 22.3 Å². The van der Waals surface area contributed by atoms with Crippen molar-refractivity contribution in [3.63, 3.8) is 0 Å². The van der Waals surface area contributed by atoms with E-state index in [9.17, 15) is 19.5 Å². The molecule has 1 aliphatic carbocycles. The molecule has 182 valence electrons. The topological polar surface area (TPSA) is 105 Å². The molecule has 0 aliphatic heterocycles. The number of ether oxygens (including phenoxy) is 1. The number of hydrogen-bond donors (Lipinski definition) is 3. The molecule has 0 saturated heterocycles. The fraction of sp³-hybridized carbons (Fsp3) is 0.444. The molecule has 1 aliphatic rings. The average Bonchev–Trinajstić information content (AvgIpc) is 3.13. The lowest BCUT2D eigenvalue weighted by atomic mass is 9.97. The first-order valence-electron chi connectivity index (χ1n) is 11.9. The van der Waals surface area contributed by atoms with Crippen LogP contribution in [0.1, 0.15) is 57.6 Å². The third-order valence-corrected chi connectivity index (χ3v) is 6.44. The Morgan fingerprint density at radius 2 is 1.50 bits per heavy atom. The summed E-state index contributed by atoms with van der Waals surface area (Å²) in [7, 11) is 0. The zero-order valence-electron chi connectivity index (χ0n) is 20.2. The number of amides is 2. The first-order chi connectivity index (χ1) is 16.2. The Morgan fingerprint density at radius 1 is 0.941 bits per heavy atom. The number of rotatable bonds is 10. The summed E-state index contributed by atoms with van der Waals surface area (Å²) in [4.78, 5) is 37.2. The maximum Gasteiger partial charge on any atom is 0.407 e. The van der Waals surface area contributed by atoms with Crippen LogP contribution >= 0.6 is 0 Å². The standard InChI is InChI=1S/C27H34N2O5/c1-5-17(4)24(26(31)32)29-25(30)23(14-16(2)3)28-27(33)34-15-22-20-12-8-6-10-18(20)19-11-7-9-13-21(19)22/h6-13,16-17,22-24H,5,14-15H2,1-4H3,(H,28,33)(H,29,30)(H,31,32)/t17?,23-,24-/m0/s1. The zero-order chi connectivity index (χ0) is 24.8. The van der Waals surface area contributed by atoms with Crippen molar-refractivity contribution in [3.8, 4) is 11.1 Å². The van der Waals surface area contributed by atoms with E-state index in [1.54, 1.807) is 6.92 Å². The van der Waals surface area contributed by atoms with Gasteiger partial charge in [-0.15, -0.1) is 0 Å². The van der Waals surface area contributed by atoms with Crippen LogP contribution in [0.2, 0.25) is 0 Å². The van der Waals surface area contributed by atoms with Gasteiger partial charge in [0.25, 0.3) is 0 Å². The highest BCUT2D eigenvalue weighted by Crippen LogP contribution is 2.44. The van der Waals surface area contributed by atoms with Crippen LogP contribution in [0, 0.1) is 11.8 Å². The summed E-state index contributed by atoms with van der Waals surface area (Å²) in [5, 5.41) is 14.8. The summed E-state index contributed by atoms with van der Waals surface area (Å²) in [5.74, 6) is -1.83. The van der Waals surface area contributed by atoms with Crippen LogP contribution < -0.4 is 10.6 Å². The molecule has 0 spiro atoms. The molecule has 2 aromatic rings. The van der Waals surface area contributed by atoms with Crippen LogP contribution in [0.3, 0.4) is 0 Å². The summed E-state index contributed by atoms with van der Waals surface area (Å²) in [6.45, 7) is 7.65. The number of benzene rings is 2. The van der Waals surface area contributed by atoms with E-state index in [0.29, 0.717) is 12.8 Å². The SMILES string of the molecule is CCC(C)[C@H](NC(=O)[C@H](CC(C)C)NC(=O)OCC1c2ccccc2-c2ccccc21)C(=O)O. The van der Waals surface area contributed by atoms with Crippen molar-refractivity contribution >= 4 is 18.0 Å². The molecule has 3 rings (SSSR count). The molecule has 34 heavy (non-hydrogen) atoms. The van der Waals surface area contributed by atoms with E-state index in [2.05, 4.69) is 22.8 Å². The lowest BCUT2D eigenvalue weighted by molar-refractivity contribution is -0.143. The number of carboxylic acid groups (broad SMARTS) is 1. The highest BCUT2D eigenvalue weighted by molar-refractivity contribution is 5.89. The van der Waals surface area contributed by atoms with Crippen LogP contribution in [0.4, 0.5) is 4.79 Å². The van der Waals surface area contributed by atoms with Gasteiger partial charge in [-0.3, -0.25) is 4.79 Å². The molecule has 2 aromatic carbocycles. The number of nitrogens with one attached hydrogen (secondary N) is 2. The molecule has 0 saturated carbocycles. The second-order valence-corrected chi connectivity index (χ2v) is 9.36. The summed E-state index contributed by atoms with van der Waals surface area (Å²) in [6, 6.07) is 14.2. The summed E-state index contributed by atoms with van der Waals surface area (Å²) >= 11 is 0. The Hall–Kier alpha value is -3.35. The Bertz CT molecular complexity index is 990. The molecule has 0 fully saturated rings. The van der Waals surface area contributed by atoms with Crippen molar-refractivity contribution in [2.24, 2.45) is 11.8 Å². The number of carbonyl (C=O) groups excluding carboxylic acids is 2. The van der Waals surface area contributed by atoms with Crippen LogP contribution in [0.5, 0.6) is 0 Å². The van der Waals surface area contributed by atoms with Crippen LogP contribution in [-0.4, -0.2) is 41.8 Å². The van der Waals surface area contributed by atoms with Crippen LogP contribution in [0.15, 0.2) is 48.5 Å². The van der Waals surface area contributed by atoms with Gasteiger partial charge in [-0.05, 0) is 40.5 Å². The maximum atomic E-state index is 12.9. The number of carboxylic acids is 1. The van der Waals surface area contributed by atoms with Crippen molar-refractivity contribution in [2.45, 2.75) is 58.5 Å². The average molecular weight is 467 g/mol. The van der Waals surface area contributed by atoms with Crippen molar-refractivity contribution in [3.05, 3.63) is 59.7 Å². The highest BCUT2D eigenvalue weighted by atomic mass is 16.5. The molecule has 1 unspecified atom stereocenters. The molecule has 7 nitrogen and oxygen atoms in total. The van der Waals surface area contributed by atoms with E-state index in [1.165, 1.54) is 0 Å². The Kier molecular flexibility index (Phi) is 8.31. The smallest absolute Gasteiger partial charge is 0.407 e. The van der Waals surface area contributed by atoms with Gasteiger partial charge in [0.15, 0.2) is 0 Å². The second-order valence-electron chi connectivity index (χ2n) is 9.36. The molecular weight excluding hydrogens is 432 g/mol. The molecule has 0 aromatic heterocycles. The molecular formula is C27H34N2O5. The highest BCUT2D eigenvalue weighted by Gasteiger charge is 2.32. The molecule has 2 amide bonds. The van der Waals surface area contributed by atoms with Crippen LogP contribution in [0.25, 0.3) is 11.1 Å². The normalized spacial score (nSPS) is 15.1. The van der Waals surface area contributed by atoms with E-state index >= 15 is 0 Å². The van der Waals surface area contributed by atoms with Gasteiger partial charge in [0.2, 0.25) is 5.91 Å². The Balaban J connectivity index is 1.67. The minimum absolute atomic E-state index is 0.0858. The van der Waals surface area contributed by atoms with Gasteiger partial charge in [0.05, 0.1) is 0 Å². The van der Waals surface area contributed by atoms with Crippen molar-refractivity contribution < 1.29 is 24.2 Å². The number of fused-ring (bicyclic) bond motifs is 3. The number of carbonyl (C=O) groups is 3. The van der Waals surface area contributed by atoms with Gasteiger partial charge in [-0.25, -0.2) is 9.59 Å². The van der Waals surface area contributed by atoms with E-state index in [1.807, 2.05) is 57.2 Å². The number of alkyl carbamates (subject to hydrolysis) is 1. The molecule has 3 atom stereocenters. The Labute approximate surface area is 200 Å². The van der Waals surface area contributed by atoms with E-state index in [-0.39, 0.29) is 24.4 Å². The number of hydrogen-bond acceptors (Lipinski definition) is 4. The van der Waals surface area contributed by atoms with Crippen LogP contribution in [-0.2, 0) is 14.3 Å². The molecule has 3 N–H and O–H groups in total. The lowest BCUT2D eigenvalue weighted by Gasteiger charge is -2.25. The second kappa shape index (κ2) is 11.2. The summed E-state index contributed by atoms with van der Waals surface area (Å²) in [5.41, 5.74) is 4.47. The molecule has 0 radical (unpaired) electrons. The molecule has 0 heterocycles. The van der Waals surface area contributed by atoms with Gasteiger partial charge >= 0.3 is 12.1 Å². The first-order valence-corrected chi connectivity index (χ1v) is 11.9. The van der Waals surface area contributed by atoms with Gasteiger partial charge in [0.1, 0.15) is 18.7 Å². The monoisotopic (exact) mass is 466 g/mol. The third-order valence-electron chi connectivity index (χ3n) is 6.44. The third kappa shape index (κ3) is 5.76. The molecule has 0 bridgehead atoms. The summed E-state index contributed by atoms with van der Waals surface area (Å²) in [6.07, 6.45) is 0.271. The fourth-order valence-corrected chi connectivity index (χ4v) is 4.42. The van der Waals surface area contributed by atoms with Gasteiger partial charge < -0.3 is 20.5 Å². The predicted molar refractivity (Wildman–Crippen MR) is 130 cm³/mol. The maximum absolute atomic E-state index is 12.9. The molecule has 7 heteroatoms. The first kappa shape index (κ1) is 25.3. The number of aliphatic carboxylic acids is 1. The Morgan fingerprint density at radius 3 is 2.00 bits per heavy atom. The van der Waals surface area contributed by atoms with Gasteiger partial charge in [-0.1, -0.05) is 82.6 Å². The van der Waals surface area contributed by atoms with E-state index in [4.69, 9.17) is 4.74 Å². The lowest BCUT2D eigenvalue weighted by Crippen LogP contribution is -2.53. The quantitative estimate of drug-likeness (QED) is 0.476. The minimum Gasteiger partial charge on any atom is -0.480 e. The fourth-order valence-electron chi connectivity index (χ4n) is 4.42. The van der Waals surface area contributed by atoms with Crippen molar-refractivity contribution in [1.29, 1.82) is 0 Å². The van der Waals surface area contributed by atoms with E-state index < -0.39 is 30.1 Å². The van der Waals surface area contributed by atoms with Crippen molar-refractivity contribution in [1.82, 2.24) is 10.6 Å². The summed E-state index contributed by atoms with van der Waals surface area (Å²) < 4.78 is 5.58. The van der Waals surface area contributed by atoms with Crippen molar-refractivity contribution in [2.75, 3.05) is 6.61 Å². The predicted octanol–water partition coefficient (Wildman–Crippen LogP) is 4.56. The van der Waals surface area contributed by atoms with Gasteiger partial charge in [-0.2, -0.15) is 0 Å².